The molecule has 6 heteroatoms. The van der Waals surface area contributed by atoms with Crippen LogP contribution in [0.15, 0.2) is 4.99 Å². The molecule has 126 valence electrons. The number of guanidine groups is 1. The van der Waals surface area contributed by atoms with E-state index in [4.69, 9.17) is 5.73 Å². The minimum absolute atomic E-state index is 0.193. The summed E-state index contributed by atoms with van der Waals surface area (Å²) >= 11 is 0. The molecule has 0 saturated carbocycles. The number of carbonyl (C=O) groups is 1. The van der Waals surface area contributed by atoms with E-state index < -0.39 is 0 Å². The quantitative estimate of drug-likeness (QED) is 0.585. The molecule has 0 radical (unpaired) electrons. The molecule has 3 N–H and O–H groups in total. The van der Waals surface area contributed by atoms with Gasteiger partial charge in [0.2, 0.25) is 5.91 Å². The van der Waals surface area contributed by atoms with Crippen LogP contribution < -0.4 is 11.1 Å². The van der Waals surface area contributed by atoms with Crippen LogP contribution in [0.4, 0.5) is 0 Å². The fourth-order valence-corrected chi connectivity index (χ4v) is 3.54. The third-order valence-electron chi connectivity index (χ3n) is 4.91. The Kier molecular flexibility index (Phi) is 6.49. The summed E-state index contributed by atoms with van der Waals surface area (Å²) in [6.45, 7) is 5.28. The number of aliphatic imine (C=N–C) groups is 1. The maximum atomic E-state index is 11.1. The molecule has 2 aliphatic rings. The average molecular weight is 309 g/mol. The minimum Gasteiger partial charge on any atom is -0.370 e. The van der Waals surface area contributed by atoms with Gasteiger partial charge in [0.05, 0.1) is 0 Å². The van der Waals surface area contributed by atoms with Crippen molar-refractivity contribution in [3.8, 4) is 0 Å². The van der Waals surface area contributed by atoms with Gasteiger partial charge >= 0.3 is 0 Å². The summed E-state index contributed by atoms with van der Waals surface area (Å²) < 4.78 is 0. The number of likely N-dealkylation sites (tertiary alicyclic amines) is 2. The molecule has 0 aliphatic carbocycles. The number of nitrogens with two attached hydrogens (primary N) is 1. The molecule has 2 fully saturated rings. The first kappa shape index (κ1) is 17.1. The lowest BCUT2D eigenvalue weighted by Crippen LogP contribution is -2.48. The highest BCUT2D eigenvalue weighted by Crippen LogP contribution is 2.20. The summed E-state index contributed by atoms with van der Waals surface area (Å²) in [5.74, 6) is 1.89. The van der Waals surface area contributed by atoms with Gasteiger partial charge in [-0.1, -0.05) is 0 Å². The summed E-state index contributed by atoms with van der Waals surface area (Å²) in [4.78, 5) is 20.2. The number of rotatable bonds is 4. The molecule has 1 atom stereocenters. The van der Waals surface area contributed by atoms with Gasteiger partial charge in [0, 0.05) is 33.1 Å². The Morgan fingerprint density at radius 2 is 1.95 bits per heavy atom. The third-order valence-corrected chi connectivity index (χ3v) is 4.91. The second kappa shape index (κ2) is 8.36. The number of nitrogens with one attached hydrogen (secondary N) is 1. The van der Waals surface area contributed by atoms with E-state index in [0.29, 0.717) is 12.3 Å². The predicted molar refractivity (Wildman–Crippen MR) is 89.7 cm³/mol. The van der Waals surface area contributed by atoms with Crippen molar-refractivity contribution in [2.24, 2.45) is 22.6 Å². The van der Waals surface area contributed by atoms with Crippen LogP contribution in [0, 0.1) is 11.8 Å². The van der Waals surface area contributed by atoms with Crippen LogP contribution >= 0.6 is 0 Å². The molecule has 2 aliphatic heterocycles. The fourth-order valence-electron chi connectivity index (χ4n) is 3.54. The van der Waals surface area contributed by atoms with Gasteiger partial charge in [0.25, 0.3) is 0 Å². The molecule has 0 aromatic rings. The molecule has 2 rings (SSSR count). The van der Waals surface area contributed by atoms with Crippen LogP contribution in [0.1, 0.15) is 32.1 Å². The highest BCUT2D eigenvalue weighted by molar-refractivity contribution is 5.80. The molecule has 1 amide bonds. The molecule has 22 heavy (non-hydrogen) atoms. The summed E-state index contributed by atoms with van der Waals surface area (Å²) in [5.41, 5.74) is 5.34. The lowest BCUT2D eigenvalue weighted by Gasteiger charge is -2.36. The Morgan fingerprint density at radius 1 is 1.23 bits per heavy atom. The predicted octanol–water partition coefficient (Wildman–Crippen LogP) is 0.491. The summed E-state index contributed by atoms with van der Waals surface area (Å²) in [5, 5.41) is 3.54. The van der Waals surface area contributed by atoms with Gasteiger partial charge in [0.15, 0.2) is 5.96 Å². The molecule has 6 nitrogen and oxygen atoms in total. The van der Waals surface area contributed by atoms with E-state index in [1.807, 2.05) is 7.05 Å². The summed E-state index contributed by atoms with van der Waals surface area (Å²) in [6, 6.07) is 0. The molecular weight excluding hydrogens is 278 g/mol. The van der Waals surface area contributed by atoms with E-state index in [-0.39, 0.29) is 5.91 Å². The molecule has 1 unspecified atom stereocenters. The zero-order valence-electron chi connectivity index (χ0n) is 14.1. The van der Waals surface area contributed by atoms with Crippen LogP contribution in [-0.2, 0) is 4.79 Å². The smallest absolute Gasteiger partial charge is 0.217 e. The number of primary amides is 1. The molecule has 0 aromatic carbocycles. The van der Waals surface area contributed by atoms with Crippen molar-refractivity contribution < 1.29 is 4.79 Å². The standard InChI is InChI=1S/C16H31N5O/c1-18-16(19-11-13-5-8-20(2)9-6-13)21-7-3-4-14(12-21)10-15(17)22/h13-14H,3-12H2,1-2H3,(H2,17,22)(H,18,19). The number of amides is 1. The normalized spacial score (nSPS) is 25.3. The zero-order valence-corrected chi connectivity index (χ0v) is 14.1. The maximum absolute atomic E-state index is 11.1. The van der Waals surface area contributed by atoms with Crippen molar-refractivity contribution in [2.75, 3.05) is 46.8 Å². The van der Waals surface area contributed by atoms with Crippen LogP contribution in [0.2, 0.25) is 0 Å². The van der Waals surface area contributed by atoms with Crippen molar-refractivity contribution in [3.63, 3.8) is 0 Å². The molecule has 0 aromatic heterocycles. The van der Waals surface area contributed by atoms with Crippen molar-refractivity contribution in [3.05, 3.63) is 0 Å². The molecule has 2 saturated heterocycles. The van der Waals surface area contributed by atoms with Gasteiger partial charge in [-0.3, -0.25) is 9.79 Å². The SMILES string of the molecule is CN=C(NCC1CCN(C)CC1)N1CCCC(CC(N)=O)C1. The number of hydrogen-bond donors (Lipinski definition) is 2. The number of nitrogens with zero attached hydrogens (tertiary/aromatic N) is 3. The largest absolute Gasteiger partial charge is 0.370 e. The number of piperidine rings is 2. The monoisotopic (exact) mass is 309 g/mol. The van der Waals surface area contributed by atoms with Gasteiger partial charge in [-0.2, -0.15) is 0 Å². The lowest BCUT2D eigenvalue weighted by molar-refractivity contribution is -0.119. The topological polar surface area (TPSA) is 74.0 Å². The van der Waals surface area contributed by atoms with Crippen LogP contribution in [0.3, 0.4) is 0 Å². The molecule has 0 spiro atoms. The molecule has 2 heterocycles. The average Bonchev–Trinajstić information content (AvgIpc) is 2.49. The van der Waals surface area contributed by atoms with Crippen LogP contribution in [-0.4, -0.2) is 68.5 Å². The number of hydrogen-bond acceptors (Lipinski definition) is 3. The Balaban J connectivity index is 1.79. The van der Waals surface area contributed by atoms with Crippen molar-refractivity contribution in [1.82, 2.24) is 15.1 Å². The van der Waals surface area contributed by atoms with Gasteiger partial charge in [0.1, 0.15) is 0 Å². The highest BCUT2D eigenvalue weighted by atomic mass is 16.1. The van der Waals surface area contributed by atoms with E-state index in [1.54, 1.807) is 0 Å². The van der Waals surface area contributed by atoms with E-state index in [2.05, 4.69) is 27.2 Å². The van der Waals surface area contributed by atoms with Gasteiger partial charge in [-0.05, 0) is 57.7 Å². The summed E-state index contributed by atoms with van der Waals surface area (Å²) in [7, 11) is 4.03. The minimum atomic E-state index is -0.193. The van der Waals surface area contributed by atoms with Crippen molar-refractivity contribution >= 4 is 11.9 Å². The van der Waals surface area contributed by atoms with Gasteiger partial charge in [-0.25, -0.2) is 0 Å². The van der Waals surface area contributed by atoms with E-state index >= 15 is 0 Å². The first-order chi connectivity index (χ1) is 10.6. The fraction of sp³-hybridized carbons (Fsp3) is 0.875. The number of carbonyl (C=O) groups excluding carboxylic acids is 1. The van der Waals surface area contributed by atoms with Gasteiger partial charge < -0.3 is 20.9 Å². The van der Waals surface area contributed by atoms with E-state index in [9.17, 15) is 4.79 Å². The highest BCUT2D eigenvalue weighted by Gasteiger charge is 2.24. The maximum Gasteiger partial charge on any atom is 0.217 e. The first-order valence-electron chi connectivity index (χ1n) is 8.51. The summed E-state index contributed by atoms with van der Waals surface area (Å²) in [6.07, 6.45) is 5.19. The van der Waals surface area contributed by atoms with Gasteiger partial charge in [-0.15, -0.1) is 0 Å². The second-order valence-corrected chi connectivity index (χ2v) is 6.80. The molecule has 0 bridgehead atoms. The van der Waals surface area contributed by atoms with Crippen LogP contribution in [0.5, 0.6) is 0 Å². The zero-order chi connectivity index (χ0) is 15.9. The first-order valence-corrected chi connectivity index (χ1v) is 8.51. The van der Waals surface area contributed by atoms with E-state index in [1.165, 1.54) is 25.9 Å². The Bertz CT molecular complexity index is 390. The van der Waals surface area contributed by atoms with E-state index in [0.717, 1.165) is 44.4 Å². The molecular formula is C16H31N5O. The van der Waals surface area contributed by atoms with Crippen LogP contribution in [0.25, 0.3) is 0 Å². The van der Waals surface area contributed by atoms with Crippen molar-refractivity contribution in [2.45, 2.75) is 32.1 Å². The third kappa shape index (κ3) is 5.16. The Morgan fingerprint density at radius 3 is 2.59 bits per heavy atom. The van der Waals surface area contributed by atoms with Crippen molar-refractivity contribution in [1.29, 1.82) is 0 Å². The Hall–Kier alpha value is -1.30. The lowest BCUT2D eigenvalue weighted by atomic mass is 9.94. The Labute approximate surface area is 134 Å². The second-order valence-electron chi connectivity index (χ2n) is 6.80.